The van der Waals surface area contributed by atoms with E-state index >= 15 is 0 Å². The van der Waals surface area contributed by atoms with Crippen LogP contribution in [0.5, 0.6) is 0 Å². The molecule has 0 aliphatic rings. The van der Waals surface area contributed by atoms with Crippen LogP contribution in [0.3, 0.4) is 0 Å². The number of aromatic nitrogens is 2. The molecule has 16 heavy (non-hydrogen) atoms. The van der Waals surface area contributed by atoms with Gasteiger partial charge < -0.3 is 10.6 Å². The molecular formula is C9H16N4O2S. The van der Waals surface area contributed by atoms with Gasteiger partial charge in [0.15, 0.2) is 5.82 Å². The van der Waals surface area contributed by atoms with Gasteiger partial charge >= 0.3 is 0 Å². The van der Waals surface area contributed by atoms with Crippen molar-refractivity contribution in [3.05, 3.63) is 17.8 Å². The summed E-state index contributed by atoms with van der Waals surface area (Å²) in [4.78, 5) is 1.75. The maximum absolute atomic E-state index is 11.0. The van der Waals surface area contributed by atoms with Crippen molar-refractivity contribution in [2.45, 2.75) is 6.54 Å². The van der Waals surface area contributed by atoms with Crippen molar-refractivity contribution in [3.63, 3.8) is 0 Å². The van der Waals surface area contributed by atoms with Crippen LogP contribution in [0.15, 0.2) is 12.3 Å². The zero-order valence-electron chi connectivity index (χ0n) is 9.42. The highest BCUT2D eigenvalue weighted by Crippen LogP contribution is 2.13. The Morgan fingerprint density at radius 1 is 1.50 bits per heavy atom. The standard InChI is InChI=1S/C9H16N4O2S/c1-13(5-6-16(2,14)15)9-8(7-10)3-4-11-12-9/h3-4H,5-7,10H2,1-2H3. The highest BCUT2D eigenvalue weighted by atomic mass is 32.2. The summed E-state index contributed by atoms with van der Waals surface area (Å²) in [6, 6.07) is 1.78. The van der Waals surface area contributed by atoms with Crippen LogP contribution < -0.4 is 10.6 Å². The number of rotatable bonds is 5. The first-order valence-corrected chi connectivity index (χ1v) is 6.89. The van der Waals surface area contributed by atoms with Gasteiger partial charge in [-0.2, -0.15) is 5.10 Å². The smallest absolute Gasteiger partial charge is 0.155 e. The molecule has 90 valence electrons. The maximum Gasteiger partial charge on any atom is 0.155 e. The number of hydrogen-bond donors (Lipinski definition) is 1. The summed E-state index contributed by atoms with van der Waals surface area (Å²) < 4.78 is 22.1. The van der Waals surface area contributed by atoms with E-state index < -0.39 is 9.84 Å². The summed E-state index contributed by atoms with van der Waals surface area (Å²) in [5, 5.41) is 7.71. The SMILES string of the molecule is CN(CCS(C)(=O)=O)c1nnccc1CN. The Kier molecular flexibility index (Phi) is 4.19. The van der Waals surface area contributed by atoms with Gasteiger partial charge in [-0.1, -0.05) is 0 Å². The first-order valence-electron chi connectivity index (χ1n) is 4.83. The van der Waals surface area contributed by atoms with E-state index in [4.69, 9.17) is 5.73 Å². The van der Waals surface area contributed by atoms with Gasteiger partial charge in [-0.05, 0) is 6.07 Å². The molecule has 1 aromatic heterocycles. The number of nitrogens with zero attached hydrogens (tertiary/aromatic N) is 3. The van der Waals surface area contributed by atoms with E-state index in [1.807, 2.05) is 0 Å². The molecule has 0 unspecified atom stereocenters. The summed E-state index contributed by atoms with van der Waals surface area (Å²) in [6.07, 6.45) is 2.78. The second-order valence-corrected chi connectivity index (χ2v) is 5.90. The van der Waals surface area contributed by atoms with E-state index in [-0.39, 0.29) is 5.75 Å². The second kappa shape index (κ2) is 5.22. The molecule has 0 bridgehead atoms. The lowest BCUT2D eigenvalue weighted by atomic mass is 10.2. The van der Waals surface area contributed by atoms with Crippen LogP contribution in [0.25, 0.3) is 0 Å². The van der Waals surface area contributed by atoms with Gasteiger partial charge in [0.05, 0.1) is 11.9 Å². The second-order valence-electron chi connectivity index (χ2n) is 3.64. The fourth-order valence-corrected chi connectivity index (χ4v) is 1.85. The molecule has 0 atom stereocenters. The minimum absolute atomic E-state index is 0.0874. The zero-order valence-corrected chi connectivity index (χ0v) is 10.2. The highest BCUT2D eigenvalue weighted by Gasteiger charge is 2.10. The van der Waals surface area contributed by atoms with Gasteiger partial charge in [-0.15, -0.1) is 5.10 Å². The molecule has 0 amide bonds. The van der Waals surface area contributed by atoms with Gasteiger partial charge in [0, 0.05) is 32.0 Å². The van der Waals surface area contributed by atoms with Crippen molar-refractivity contribution in [2.75, 3.05) is 30.5 Å². The van der Waals surface area contributed by atoms with Crippen molar-refractivity contribution in [1.82, 2.24) is 10.2 Å². The van der Waals surface area contributed by atoms with Gasteiger partial charge in [0.2, 0.25) is 0 Å². The number of anilines is 1. The molecule has 1 aromatic rings. The molecule has 0 aliphatic heterocycles. The fraction of sp³-hybridized carbons (Fsp3) is 0.556. The molecule has 0 radical (unpaired) electrons. The van der Waals surface area contributed by atoms with Crippen molar-refractivity contribution in [1.29, 1.82) is 0 Å². The number of hydrogen-bond acceptors (Lipinski definition) is 6. The van der Waals surface area contributed by atoms with E-state index in [0.29, 0.717) is 18.9 Å². The van der Waals surface area contributed by atoms with Crippen LogP contribution in [0.4, 0.5) is 5.82 Å². The molecule has 1 rings (SSSR count). The molecular weight excluding hydrogens is 228 g/mol. The number of sulfone groups is 1. The molecule has 7 heteroatoms. The Labute approximate surface area is 95.4 Å². The third-order valence-electron chi connectivity index (χ3n) is 2.16. The third kappa shape index (κ3) is 3.74. The first-order chi connectivity index (χ1) is 7.44. The Hall–Kier alpha value is -1.21. The summed E-state index contributed by atoms with van der Waals surface area (Å²) >= 11 is 0. The van der Waals surface area contributed by atoms with E-state index in [9.17, 15) is 8.42 Å². The molecule has 0 saturated carbocycles. The summed E-state index contributed by atoms with van der Waals surface area (Å²) in [5.41, 5.74) is 6.41. The quantitative estimate of drug-likeness (QED) is 0.745. The number of nitrogens with two attached hydrogens (primary N) is 1. The Balaban J connectivity index is 2.76. The highest BCUT2D eigenvalue weighted by molar-refractivity contribution is 7.90. The van der Waals surface area contributed by atoms with Crippen molar-refractivity contribution >= 4 is 15.7 Å². The molecule has 0 fully saturated rings. The third-order valence-corrected chi connectivity index (χ3v) is 3.09. The predicted octanol–water partition coefficient (Wildman–Crippen LogP) is -0.584. The van der Waals surface area contributed by atoms with Crippen LogP contribution >= 0.6 is 0 Å². The minimum atomic E-state index is -2.97. The average molecular weight is 244 g/mol. The largest absolute Gasteiger partial charge is 0.357 e. The fourth-order valence-electron chi connectivity index (χ4n) is 1.24. The monoisotopic (exact) mass is 244 g/mol. The summed E-state index contributed by atoms with van der Waals surface area (Å²) in [5.74, 6) is 0.720. The van der Waals surface area contributed by atoms with Crippen molar-refractivity contribution < 1.29 is 8.42 Å². The lowest BCUT2D eigenvalue weighted by Gasteiger charge is -2.19. The molecule has 0 aromatic carbocycles. The maximum atomic E-state index is 11.0. The lowest BCUT2D eigenvalue weighted by molar-refractivity contribution is 0.601. The molecule has 2 N–H and O–H groups in total. The average Bonchev–Trinajstić information content (AvgIpc) is 2.25. The van der Waals surface area contributed by atoms with Gasteiger partial charge in [-0.3, -0.25) is 0 Å². The van der Waals surface area contributed by atoms with E-state index in [0.717, 1.165) is 5.56 Å². The van der Waals surface area contributed by atoms with E-state index in [1.165, 1.54) is 6.26 Å². The minimum Gasteiger partial charge on any atom is -0.357 e. The van der Waals surface area contributed by atoms with Crippen molar-refractivity contribution in [2.24, 2.45) is 5.73 Å². The predicted molar refractivity (Wildman–Crippen MR) is 62.9 cm³/mol. The van der Waals surface area contributed by atoms with Crippen LogP contribution in [-0.4, -0.2) is 44.2 Å². The molecule has 0 saturated heterocycles. The normalized spacial score (nSPS) is 11.4. The van der Waals surface area contributed by atoms with Gasteiger partial charge in [-0.25, -0.2) is 8.42 Å². The Morgan fingerprint density at radius 3 is 2.75 bits per heavy atom. The zero-order chi connectivity index (χ0) is 12.2. The summed E-state index contributed by atoms with van der Waals surface area (Å²) in [6.45, 7) is 0.735. The Morgan fingerprint density at radius 2 is 2.19 bits per heavy atom. The van der Waals surface area contributed by atoms with Crippen LogP contribution in [-0.2, 0) is 16.4 Å². The van der Waals surface area contributed by atoms with E-state index in [2.05, 4.69) is 10.2 Å². The summed E-state index contributed by atoms with van der Waals surface area (Å²) in [7, 11) is -1.20. The molecule has 6 nitrogen and oxygen atoms in total. The van der Waals surface area contributed by atoms with Crippen molar-refractivity contribution in [3.8, 4) is 0 Å². The molecule has 0 spiro atoms. The topological polar surface area (TPSA) is 89.2 Å². The molecule has 0 aliphatic carbocycles. The van der Waals surface area contributed by atoms with Crippen LogP contribution in [0.1, 0.15) is 5.56 Å². The van der Waals surface area contributed by atoms with Crippen LogP contribution in [0, 0.1) is 0 Å². The lowest BCUT2D eigenvalue weighted by Crippen LogP contribution is -2.27. The van der Waals surface area contributed by atoms with Gasteiger partial charge in [0.25, 0.3) is 0 Å². The molecule has 1 heterocycles. The Bertz CT molecular complexity index is 447. The van der Waals surface area contributed by atoms with Crippen LogP contribution in [0.2, 0.25) is 0 Å². The van der Waals surface area contributed by atoms with E-state index in [1.54, 1.807) is 24.2 Å². The van der Waals surface area contributed by atoms with Gasteiger partial charge in [0.1, 0.15) is 9.84 Å². The first kappa shape index (κ1) is 12.9.